The van der Waals surface area contributed by atoms with E-state index in [2.05, 4.69) is 10.6 Å². The lowest BCUT2D eigenvalue weighted by Crippen LogP contribution is -2.48. The lowest BCUT2D eigenvalue weighted by Gasteiger charge is -2.27. The van der Waals surface area contributed by atoms with Gasteiger partial charge in [0.1, 0.15) is 0 Å². The highest BCUT2D eigenvalue weighted by Gasteiger charge is 2.25. The third kappa shape index (κ3) is 2.76. The van der Waals surface area contributed by atoms with Gasteiger partial charge in [-0.05, 0) is 37.1 Å². The van der Waals surface area contributed by atoms with Crippen LogP contribution in [0.3, 0.4) is 0 Å². The molecule has 0 saturated carbocycles. The van der Waals surface area contributed by atoms with Crippen LogP contribution in [0.15, 0.2) is 18.2 Å². The van der Waals surface area contributed by atoms with E-state index in [0.29, 0.717) is 18.4 Å². The summed E-state index contributed by atoms with van der Waals surface area (Å²) in [5.41, 5.74) is 1.48. The zero-order chi connectivity index (χ0) is 14.0. The zero-order valence-corrected chi connectivity index (χ0v) is 11.1. The van der Waals surface area contributed by atoms with Crippen molar-refractivity contribution in [1.29, 1.82) is 0 Å². The van der Waals surface area contributed by atoms with E-state index in [1.54, 1.807) is 25.1 Å². The molecule has 1 aromatic carbocycles. The smallest absolute Gasteiger partial charge is 0.251 e. The Labute approximate surface area is 112 Å². The van der Waals surface area contributed by atoms with Gasteiger partial charge in [0.15, 0.2) is 0 Å². The van der Waals surface area contributed by atoms with Crippen LogP contribution in [0.25, 0.3) is 0 Å². The highest BCUT2D eigenvalue weighted by Crippen LogP contribution is 2.24. The van der Waals surface area contributed by atoms with Crippen molar-refractivity contribution in [2.24, 2.45) is 0 Å². The Bertz CT molecular complexity index is 521. The number of nitrogens with one attached hydrogen (secondary N) is 2. The first kappa shape index (κ1) is 13.5. The summed E-state index contributed by atoms with van der Waals surface area (Å²) < 4.78 is 0. The van der Waals surface area contributed by atoms with Gasteiger partial charge >= 0.3 is 0 Å². The molecule has 0 saturated heterocycles. The molecule has 1 heterocycles. The Hall–Kier alpha value is -1.88. The number of rotatable bonds is 4. The standard InChI is InChI=1S/C14H18N2O3/c1-3-14(2,8-17)16-13(19)9-4-5-11-10(6-9)7-12(18)15-11/h4-6,17H,3,7-8H2,1-2H3,(H,15,18)(H,16,19). The normalized spacial score (nSPS) is 16.5. The molecular formula is C14H18N2O3. The predicted molar refractivity (Wildman–Crippen MR) is 72.0 cm³/mol. The fourth-order valence-corrected chi connectivity index (χ4v) is 1.96. The van der Waals surface area contributed by atoms with E-state index in [1.807, 2.05) is 6.92 Å². The van der Waals surface area contributed by atoms with E-state index >= 15 is 0 Å². The number of amides is 2. The van der Waals surface area contributed by atoms with Gasteiger partial charge in [0.05, 0.1) is 18.6 Å². The van der Waals surface area contributed by atoms with E-state index < -0.39 is 5.54 Å². The van der Waals surface area contributed by atoms with Crippen LogP contribution in [0.4, 0.5) is 5.69 Å². The highest BCUT2D eigenvalue weighted by molar-refractivity contribution is 6.01. The van der Waals surface area contributed by atoms with E-state index in [-0.39, 0.29) is 18.4 Å². The maximum atomic E-state index is 12.1. The minimum Gasteiger partial charge on any atom is -0.394 e. The molecule has 1 atom stereocenters. The lowest BCUT2D eigenvalue weighted by atomic mass is 9.99. The van der Waals surface area contributed by atoms with Gasteiger partial charge in [-0.2, -0.15) is 0 Å². The van der Waals surface area contributed by atoms with Crippen LogP contribution >= 0.6 is 0 Å². The van der Waals surface area contributed by atoms with Gasteiger partial charge in [-0.1, -0.05) is 6.92 Å². The van der Waals surface area contributed by atoms with Crippen molar-refractivity contribution in [2.75, 3.05) is 11.9 Å². The third-order valence-corrected chi connectivity index (χ3v) is 3.54. The number of hydrogen-bond acceptors (Lipinski definition) is 3. The number of hydrogen-bond donors (Lipinski definition) is 3. The van der Waals surface area contributed by atoms with Crippen molar-refractivity contribution in [1.82, 2.24) is 5.32 Å². The van der Waals surface area contributed by atoms with Crippen molar-refractivity contribution < 1.29 is 14.7 Å². The molecule has 1 aliphatic heterocycles. The molecular weight excluding hydrogens is 244 g/mol. The van der Waals surface area contributed by atoms with Crippen molar-refractivity contribution in [3.05, 3.63) is 29.3 Å². The summed E-state index contributed by atoms with van der Waals surface area (Å²) in [4.78, 5) is 23.4. The second-order valence-corrected chi connectivity index (χ2v) is 5.12. The number of carbonyl (C=O) groups excluding carboxylic acids is 2. The summed E-state index contributed by atoms with van der Waals surface area (Å²) in [5.74, 6) is -0.290. The van der Waals surface area contributed by atoms with Gasteiger partial charge in [0.2, 0.25) is 5.91 Å². The zero-order valence-electron chi connectivity index (χ0n) is 11.1. The molecule has 5 heteroatoms. The molecule has 1 aliphatic rings. The Kier molecular flexibility index (Phi) is 3.57. The molecule has 0 spiro atoms. The number of aliphatic hydroxyl groups excluding tert-OH is 1. The van der Waals surface area contributed by atoms with Crippen LogP contribution in [-0.4, -0.2) is 29.1 Å². The molecule has 0 aliphatic carbocycles. The molecule has 1 unspecified atom stereocenters. The first-order chi connectivity index (χ1) is 8.97. The molecule has 0 radical (unpaired) electrons. The Morgan fingerprint density at radius 3 is 2.89 bits per heavy atom. The Morgan fingerprint density at radius 1 is 1.53 bits per heavy atom. The van der Waals surface area contributed by atoms with Crippen molar-refractivity contribution in [3.8, 4) is 0 Å². The molecule has 0 aromatic heterocycles. The second kappa shape index (κ2) is 5.01. The summed E-state index contributed by atoms with van der Waals surface area (Å²) in [6.45, 7) is 3.59. The molecule has 0 bridgehead atoms. The number of fused-ring (bicyclic) bond motifs is 1. The number of carbonyl (C=O) groups is 2. The van der Waals surface area contributed by atoms with Gasteiger partial charge in [-0.3, -0.25) is 9.59 Å². The minimum absolute atomic E-state index is 0.0543. The maximum Gasteiger partial charge on any atom is 0.251 e. The molecule has 0 fully saturated rings. The molecule has 19 heavy (non-hydrogen) atoms. The van der Waals surface area contributed by atoms with Gasteiger partial charge < -0.3 is 15.7 Å². The van der Waals surface area contributed by atoms with E-state index in [9.17, 15) is 14.7 Å². The fourth-order valence-electron chi connectivity index (χ4n) is 1.96. The lowest BCUT2D eigenvalue weighted by molar-refractivity contribution is -0.115. The first-order valence-electron chi connectivity index (χ1n) is 6.33. The molecule has 1 aromatic rings. The van der Waals surface area contributed by atoms with Crippen LogP contribution in [0.2, 0.25) is 0 Å². The molecule has 3 N–H and O–H groups in total. The van der Waals surface area contributed by atoms with Crippen LogP contribution in [0.5, 0.6) is 0 Å². The van der Waals surface area contributed by atoms with Crippen LogP contribution in [-0.2, 0) is 11.2 Å². The minimum atomic E-state index is -0.621. The Morgan fingerprint density at radius 2 is 2.26 bits per heavy atom. The van der Waals surface area contributed by atoms with Gasteiger partial charge in [-0.15, -0.1) is 0 Å². The molecule has 2 amide bonds. The highest BCUT2D eigenvalue weighted by atomic mass is 16.3. The van der Waals surface area contributed by atoms with Gasteiger partial charge in [0, 0.05) is 11.3 Å². The van der Waals surface area contributed by atoms with Gasteiger partial charge in [0.25, 0.3) is 5.91 Å². The fraction of sp³-hybridized carbons (Fsp3) is 0.429. The van der Waals surface area contributed by atoms with Gasteiger partial charge in [-0.25, -0.2) is 0 Å². The summed E-state index contributed by atoms with van der Waals surface area (Å²) in [5, 5.41) is 14.8. The molecule has 2 rings (SSSR count). The first-order valence-corrected chi connectivity index (χ1v) is 6.33. The van der Waals surface area contributed by atoms with Crippen LogP contribution in [0.1, 0.15) is 36.2 Å². The van der Waals surface area contributed by atoms with E-state index in [1.165, 1.54) is 0 Å². The largest absolute Gasteiger partial charge is 0.394 e. The summed E-state index contributed by atoms with van der Waals surface area (Å²) in [7, 11) is 0. The van der Waals surface area contributed by atoms with E-state index in [4.69, 9.17) is 0 Å². The SMILES string of the molecule is CCC(C)(CO)NC(=O)c1ccc2c(c1)CC(=O)N2. The Balaban J connectivity index is 2.17. The summed E-state index contributed by atoms with van der Waals surface area (Å²) >= 11 is 0. The second-order valence-electron chi connectivity index (χ2n) is 5.12. The monoisotopic (exact) mass is 262 g/mol. The number of anilines is 1. The maximum absolute atomic E-state index is 12.1. The average Bonchev–Trinajstić information content (AvgIpc) is 2.77. The van der Waals surface area contributed by atoms with Crippen LogP contribution < -0.4 is 10.6 Å². The third-order valence-electron chi connectivity index (χ3n) is 3.54. The summed E-state index contributed by atoms with van der Waals surface area (Å²) in [6.07, 6.45) is 0.946. The molecule has 5 nitrogen and oxygen atoms in total. The average molecular weight is 262 g/mol. The van der Waals surface area contributed by atoms with Crippen molar-refractivity contribution >= 4 is 17.5 Å². The summed E-state index contributed by atoms with van der Waals surface area (Å²) in [6, 6.07) is 5.13. The topological polar surface area (TPSA) is 78.4 Å². The quantitative estimate of drug-likeness (QED) is 0.759. The molecule has 102 valence electrons. The van der Waals surface area contributed by atoms with Crippen molar-refractivity contribution in [2.45, 2.75) is 32.2 Å². The van der Waals surface area contributed by atoms with E-state index in [0.717, 1.165) is 11.3 Å². The number of aliphatic hydroxyl groups is 1. The predicted octanol–water partition coefficient (Wildman–Crippen LogP) is 1.07. The van der Waals surface area contributed by atoms with Crippen LogP contribution in [0, 0.1) is 0 Å². The van der Waals surface area contributed by atoms with Crippen molar-refractivity contribution in [3.63, 3.8) is 0 Å². The number of benzene rings is 1.